The molecule has 26 heavy (non-hydrogen) atoms. The largest absolute Gasteiger partial charge is 0.309 e. The normalized spacial score (nSPS) is 14.2. The molecule has 0 atom stereocenters. The number of thiophene rings is 1. The maximum Gasteiger partial charge on any atom is 0.259 e. The van der Waals surface area contributed by atoms with Crippen LogP contribution in [0, 0.1) is 0 Å². The highest BCUT2D eigenvalue weighted by molar-refractivity contribution is 7.18. The Morgan fingerprint density at radius 1 is 1.23 bits per heavy atom. The Kier molecular flexibility index (Phi) is 5.06. The molecule has 0 amide bonds. The minimum atomic E-state index is -0.0152. The van der Waals surface area contributed by atoms with Gasteiger partial charge in [0.05, 0.1) is 22.0 Å². The van der Waals surface area contributed by atoms with Gasteiger partial charge in [0.25, 0.3) is 5.56 Å². The number of aromatic amines is 1. The van der Waals surface area contributed by atoms with Crippen molar-refractivity contribution in [3.63, 3.8) is 0 Å². The number of fused-ring (bicyclic) bond motifs is 3. The van der Waals surface area contributed by atoms with Gasteiger partial charge in [0.15, 0.2) is 0 Å². The van der Waals surface area contributed by atoms with Gasteiger partial charge in [-0.1, -0.05) is 35.3 Å². The fourth-order valence-corrected chi connectivity index (χ4v) is 5.22. The maximum absolute atomic E-state index is 12.6. The van der Waals surface area contributed by atoms with Crippen LogP contribution in [0.5, 0.6) is 0 Å². The van der Waals surface area contributed by atoms with Crippen LogP contribution in [0.1, 0.15) is 34.7 Å². The summed E-state index contributed by atoms with van der Waals surface area (Å²) in [5.41, 5.74) is 2.16. The molecule has 0 saturated heterocycles. The summed E-state index contributed by atoms with van der Waals surface area (Å²) in [6, 6.07) is 5.62. The van der Waals surface area contributed by atoms with Crippen LogP contribution in [0.25, 0.3) is 10.2 Å². The smallest absolute Gasteiger partial charge is 0.259 e. The third-order valence-corrected chi connectivity index (χ3v) is 6.81. The molecule has 7 heteroatoms. The van der Waals surface area contributed by atoms with Gasteiger partial charge in [0, 0.05) is 11.4 Å². The van der Waals surface area contributed by atoms with E-state index in [1.54, 1.807) is 17.4 Å². The van der Waals surface area contributed by atoms with E-state index in [4.69, 9.17) is 28.2 Å². The monoisotopic (exact) mass is 407 g/mol. The second-order valence-corrected chi connectivity index (χ2v) is 8.66. The molecule has 0 fully saturated rings. The van der Waals surface area contributed by atoms with Crippen molar-refractivity contribution < 1.29 is 0 Å². The van der Waals surface area contributed by atoms with E-state index < -0.39 is 0 Å². The quantitative estimate of drug-likeness (QED) is 0.675. The highest BCUT2D eigenvalue weighted by Crippen LogP contribution is 2.33. The Balaban J connectivity index is 1.59. The van der Waals surface area contributed by atoms with Gasteiger partial charge in [-0.05, 0) is 49.9 Å². The lowest BCUT2D eigenvalue weighted by Crippen LogP contribution is -2.22. The zero-order chi connectivity index (χ0) is 18.3. The van der Waals surface area contributed by atoms with Crippen LogP contribution in [0.15, 0.2) is 23.0 Å². The van der Waals surface area contributed by atoms with Gasteiger partial charge < -0.3 is 4.98 Å². The fraction of sp³-hybridized carbons (Fsp3) is 0.368. The van der Waals surface area contributed by atoms with E-state index in [1.807, 2.05) is 19.2 Å². The van der Waals surface area contributed by atoms with Crippen molar-refractivity contribution in [1.29, 1.82) is 0 Å². The third kappa shape index (κ3) is 3.41. The molecule has 0 bridgehead atoms. The minimum Gasteiger partial charge on any atom is -0.309 e. The molecule has 0 spiro atoms. The lowest BCUT2D eigenvalue weighted by molar-refractivity contribution is 0.311. The molecule has 4 nitrogen and oxygen atoms in total. The number of hydrogen-bond acceptors (Lipinski definition) is 4. The number of hydrogen-bond donors (Lipinski definition) is 1. The zero-order valence-electron chi connectivity index (χ0n) is 14.4. The van der Waals surface area contributed by atoms with Crippen molar-refractivity contribution in [2.45, 2.75) is 38.8 Å². The van der Waals surface area contributed by atoms with E-state index >= 15 is 0 Å². The number of aromatic nitrogens is 2. The summed E-state index contributed by atoms with van der Waals surface area (Å²) in [7, 11) is 1.97. The molecule has 1 aromatic carbocycles. The van der Waals surface area contributed by atoms with Crippen molar-refractivity contribution in [2.24, 2.45) is 0 Å². The van der Waals surface area contributed by atoms with Crippen LogP contribution in [0.4, 0.5) is 0 Å². The van der Waals surface area contributed by atoms with E-state index in [-0.39, 0.29) is 5.56 Å². The second-order valence-electron chi connectivity index (χ2n) is 6.79. The molecule has 2 aromatic heterocycles. The Bertz CT molecular complexity index is 1030. The van der Waals surface area contributed by atoms with E-state index in [1.165, 1.54) is 16.9 Å². The van der Waals surface area contributed by atoms with Crippen LogP contribution in [0.2, 0.25) is 10.0 Å². The molecule has 2 heterocycles. The van der Waals surface area contributed by atoms with Crippen LogP contribution in [-0.2, 0) is 25.9 Å². The van der Waals surface area contributed by atoms with Gasteiger partial charge in [0.1, 0.15) is 10.7 Å². The topological polar surface area (TPSA) is 49.0 Å². The first-order valence-corrected chi connectivity index (χ1v) is 10.2. The number of aryl methyl sites for hydroxylation is 2. The van der Waals surface area contributed by atoms with Crippen LogP contribution < -0.4 is 5.56 Å². The van der Waals surface area contributed by atoms with E-state index in [0.29, 0.717) is 29.0 Å². The first-order valence-electron chi connectivity index (χ1n) is 8.68. The number of halogens is 2. The van der Waals surface area contributed by atoms with Gasteiger partial charge in [-0.2, -0.15) is 0 Å². The molecule has 1 aliphatic rings. The Morgan fingerprint density at radius 3 is 2.88 bits per heavy atom. The minimum absolute atomic E-state index is 0.0152. The molecule has 0 radical (unpaired) electrons. The SMILES string of the molecule is CN(Cc1nc2sc3c(c2c(=O)[nH]1)CCCC3)Cc1cccc(Cl)c1Cl. The zero-order valence-corrected chi connectivity index (χ0v) is 16.8. The summed E-state index contributed by atoms with van der Waals surface area (Å²) in [6.45, 7) is 1.17. The van der Waals surface area contributed by atoms with Crippen LogP contribution in [0.3, 0.4) is 0 Å². The molecule has 136 valence electrons. The number of H-pyrrole nitrogens is 1. The Hall–Kier alpha value is -1.40. The average Bonchev–Trinajstić information content (AvgIpc) is 2.97. The molecule has 0 saturated carbocycles. The van der Waals surface area contributed by atoms with Crippen molar-refractivity contribution in [3.05, 3.63) is 60.4 Å². The lowest BCUT2D eigenvalue weighted by Gasteiger charge is -2.17. The van der Waals surface area contributed by atoms with E-state index in [2.05, 4.69) is 9.88 Å². The van der Waals surface area contributed by atoms with Gasteiger partial charge in [-0.3, -0.25) is 9.69 Å². The molecule has 1 N–H and O–H groups in total. The van der Waals surface area contributed by atoms with Crippen LogP contribution >= 0.6 is 34.5 Å². The van der Waals surface area contributed by atoms with E-state index in [0.717, 1.165) is 35.0 Å². The summed E-state index contributed by atoms with van der Waals surface area (Å²) in [6.07, 6.45) is 4.42. The molecule has 4 rings (SSSR count). The first kappa shape index (κ1) is 18.0. The number of rotatable bonds is 4. The summed E-state index contributed by atoms with van der Waals surface area (Å²) in [5.74, 6) is 0.682. The van der Waals surface area contributed by atoms with Gasteiger partial charge in [-0.25, -0.2) is 4.98 Å². The second kappa shape index (κ2) is 7.31. The standard InChI is InChI=1S/C19H19Cl2N3OS/c1-24(9-11-5-4-7-13(20)17(11)21)10-15-22-18(25)16-12-6-2-3-8-14(12)26-19(16)23-15/h4-5,7H,2-3,6,8-10H2,1H3,(H,22,23,25). The third-order valence-electron chi connectivity index (χ3n) is 4.77. The predicted molar refractivity (Wildman–Crippen MR) is 109 cm³/mol. The molecule has 1 aliphatic carbocycles. The maximum atomic E-state index is 12.6. The predicted octanol–water partition coefficient (Wildman–Crippen LogP) is 4.80. The van der Waals surface area contributed by atoms with E-state index in [9.17, 15) is 4.79 Å². The highest BCUT2D eigenvalue weighted by atomic mass is 35.5. The van der Waals surface area contributed by atoms with Crippen molar-refractivity contribution in [1.82, 2.24) is 14.9 Å². The summed E-state index contributed by atoms with van der Waals surface area (Å²) in [5, 5.41) is 1.92. The molecule has 0 aliphatic heterocycles. The number of nitrogens with one attached hydrogen (secondary N) is 1. The summed E-state index contributed by atoms with van der Waals surface area (Å²) >= 11 is 14.0. The van der Waals surface area contributed by atoms with Gasteiger partial charge >= 0.3 is 0 Å². The first-order chi connectivity index (χ1) is 12.5. The molecular formula is C19H19Cl2N3OS. The average molecular weight is 408 g/mol. The Labute approximate surface area is 165 Å². The van der Waals surface area contributed by atoms with Gasteiger partial charge in [0.2, 0.25) is 0 Å². The molecular weight excluding hydrogens is 389 g/mol. The lowest BCUT2D eigenvalue weighted by atomic mass is 9.97. The van der Waals surface area contributed by atoms with Crippen LogP contribution in [-0.4, -0.2) is 21.9 Å². The summed E-state index contributed by atoms with van der Waals surface area (Å²) < 4.78 is 0. The van der Waals surface area contributed by atoms with Gasteiger partial charge in [-0.15, -0.1) is 11.3 Å². The molecule has 0 unspecified atom stereocenters. The van der Waals surface area contributed by atoms with Crippen molar-refractivity contribution in [2.75, 3.05) is 7.05 Å². The number of benzene rings is 1. The fourth-order valence-electron chi connectivity index (χ4n) is 3.56. The van der Waals surface area contributed by atoms with Crippen molar-refractivity contribution in [3.8, 4) is 0 Å². The summed E-state index contributed by atoms with van der Waals surface area (Å²) in [4.78, 5) is 24.6. The number of nitrogens with zero attached hydrogens (tertiary/aromatic N) is 2. The Morgan fingerprint density at radius 2 is 2.04 bits per heavy atom. The molecule has 3 aromatic rings. The highest BCUT2D eigenvalue weighted by Gasteiger charge is 2.20. The van der Waals surface area contributed by atoms with Crippen molar-refractivity contribution >= 4 is 44.8 Å².